The van der Waals surface area contributed by atoms with Gasteiger partial charge in [-0.05, 0) is 99.3 Å². The van der Waals surface area contributed by atoms with Crippen molar-refractivity contribution >= 4 is 12.2 Å². The van der Waals surface area contributed by atoms with E-state index in [0.717, 1.165) is 110 Å². The molecule has 0 aliphatic heterocycles. The topological polar surface area (TPSA) is 160 Å². The van der Waals surface area contributed by atoms with Crippen LogP contribution in [0.3, 0.4) is 0 Å². The van der Waals surface area contributed by atoms with Gasteiger partial charge in [-0.1, -0.05) is 155 Å². The smallest absolute Gasteiger partial charge is 0.407 e. The second-order valence-corrected chi connectivity index (χ2v) is 13.5. The predicted octanol–water partition coefficient (Wildman–Crippen LogP) is 18.0. The Labute approximate surface area is 470 Å². The minimum atomic E-state index is -0.382. The first kappa shape index (κ1) is 120. The van der Waals surface area contributed by atoms with Crippen molar-refractivity contribution < 1.29 is 61.7 Å². The number of unbranched alkanes of at least 4 members (excludes halogenated alkanes) is 3. The van der Waals surface area contributed by atoms with E-state index in [-0.39, 0.29) is 86.5 Å². The van der Waals surface area contributed by atoms with Gasteiger partial charge in [0.05, 0.1) is 26.4 Å². The van der Waals surface area contributed by atoms with Crippen LogP contribution in [-0.4, -0.2) is 145 Å². The van der Waals surface area contributed by atoms with Gasteiger partial charge < -0.3 is 62.7 Å². The molecule has 0 aliphatic carbocycles. The van der Waals surface area contributed by atoms with Crippen molar-refractivity contribution in [2.45, 2.75) is 249 Å². The monoisotopic (exact) mass is 1100 g/mol. The number of carbonyl (C=O) groups is 2. The summed E-state index contributed by atoms with van der Waals surface area (Å²) in [4.78, 5) is 21.1. The summed E-state index contributed by atoms with van der Waals surface area (Å²) in [5, 5.41) is 5.02. The molecule has 0 fully saturated rings. The Kier molecular flexibility index (Phi) is 217. The summed E-state index contributed by atoms with van der Waals surface area (Å²) in [6, 6.07) is 0. The van der Waals surface area contributed by atoms with Gasteiger partial charge in [-0.25, -0.2) is 9.59 Å². The molecule has 0 spiro atoms. The van der Waals surface area contributed by atoms with E-state index in [0.29, 0.717) is 72.9 Å². The summed E-state index contributed by atoms with van der Waals surface area (Å²) >= 11 is 0. The van der Waals surface area contributed by atoms with Crippen molar-refractivity contribution in [3.05, 3.63) is 0 Å². The van der Waals surface area contributed by atoms with Crippen LogP contribution in [0.15, 0.2) is 0 Å². The molecule has 0 atom stereocenters. The Morgan fingerprint density at radius 3 is 0.932 bits per heavy atom. The van der Waals surface area contributed by atoms with E-state index >= 15 is 0 Å². The SMILES string of the molecule is C.C.C.C.C.C.C.C.C.C.CCC(C)CC.CCCCCOCOCC.CCCOC(=O)NCC.CCCOCC.CCCOCCCCOCC.CCCOCCOCOCC.CCNC(=O)OCCOCC. The highest BCUT2D eigenvalue weighted by molar-refractivity contribution is 5.67. The molecule has 0 heterocycles. The summed E-state index contributed by atoms with van der Waals surface area (Å²) in [5.41, 5.74) is 0. The van der Waals surface area contributed by atoms with Crippen LogP contribution in [0.2, 0.25) is 0 Å². The third kappa shape index (κ3) is 172. The number of hydrogen-bond acceptors (Lipinski definition) is 13. The van der Waals surface area contributed by atoms with Gasteiger partial charge in [-0.2, -0.15) is 0 Å². The van der Waals surface area contributed by atoms with Crippen LogP contribution in [0, 0.1) is 5.92 Å². The Bertz CT molecular complexity index is 698. The van der Waals surface area contributed by atoms with Crippen LogP contribution in [0.5, 0.6) is 0 Å². The number of rotatable bonds is 36. The highest BCUT2D eigenvalue weighted by Gasteiger charge is 1.97. The standard InChI is InChI=1S/C9H20O2.C8H18O3.C8H18O2.C7H15NO3.C6H13NO2.C6H14.C5H12O.10CH4/c1-3-7-11-9-6-5-8-10-4-2;1-3-5-10-6-7-11-8-9-4-2;1-3-5-6-7-10-8-9-4-2;1-3-8-7(9)11-6-5-10-4-2;1-3-5-9-6(8)7-4-2;1-4-6(3)5-2;1-3-5-6-4-2;;;;;;;;;;/h3-9H2,1-2H3;3-8H2,1-2H3;3-8H2,1-2H3;3-6H2,1-2H3,(H,8,9);3-5H2,1-2H3,(H,7,8);6H,4-5H2,1-3H3;3-5H2,1-2H3;10*1H4. The quantitative estimate of drug-likeness (QED) is 0.0451. The molecule has 15 heteroatoms. The molecule has 0 aromatic heterocycles. The number of alkyl carbamates (subject to hydrolysis) is 2. The molecule has 15 nitrogen and oxygen atoms in total. The van der Waals surface area contributed by atoms with Gasteiger partial charge >= 0.3 is 12.2 Å². The molecule has 2 amide bonds. The summed E-state index contributed by atoms with van der Waals surface area (Å²) in [5.74, 6) is 0.935. The molecule has 0 bridgehead atoms. The van der Waals surface area contributed by atoms with Crippen LogP contribution in [0.4, 0.5) is 9.59 Å². The zero-order chi connectivity index (χ0) is 49.8. The zero-order valence-electron chi connectivity index (χ0n) is 44.8. The Morgan fingerprint density at radius 1 is 0.311 bits per heavy atom. The maximum Gasteiger partial charge on any atom is 0.407 e. The van der Waals surface area contributed by atoms with Crippen LogP contribution in [0.25, 0.3) is 0 Å². The van der Waals surface area contributed by atoms with Crippen LogP contribution >= 0.6 is 0 Å². The van der Waals surface area contributed by atoms with E-state index in [1.165, 1.54) is 25.7 Å². The van der Waals surface area contributed by atoms with E-state index in [2.05, 4.69) is 63.8 Å². The average Bonchev–Trinajstić information content (AvgIpc) is 3.31. The third-order valence-corrected chi connectivity index (χ3v) is 7.43. The highest BCUT2D eigenvalue weighted by Crippen LogP contribution is 2.03. The maximum atomic E-state index is 10.6. The molecule has 2 N–H and O–H groups in total. The highest BCUT2D eigenvalue weighted by atomic mass is 16.7. The summed E-state index contributed by atoms with van der Waals surface area (Å²) in [6.45, 7) is 44.4. The van der Waals surface area contributed by atoms with Crippen molar-refractivity contribution in [1.29, 1.82) is 0 Å². The van der Waals surface area contributed by atoms with Crippen molar-refractivity contribution in [3.63, 3.8) is 0 Å². The molecule has 0 saturated heterocycles. The molecule has 0 aromatic rings. The summed E-state index contributed by atoms with van der Waals surface area (Å²) in [7, 11) is 0. The lowest BCUT2D eigenvalue weighted by Gasteiger charge is -2.04. The van der Waals surface area contributed by atoms with Crippen LogP contribution in [0.1, 0.15) is 249 Å². The predicted molar refractivity (Wildman–Crippen MR) is 333 cm³/mol. The first-order valence-electron chi connectivity index (χ1n) is 25.1. The Hall–Kier alpha value is -1.82. The van der Waals surface area contributed by atoms with Gasteiger partial charge in [0.25, 0.3) is 0 Å². The van der Waals surface area contributed by atoms with Gasteiger partial charge in [-0.3, -0.25) is 0 Å². The Morgan fingerprint density at radius 2 is 0.595 bits per heavy atom. The minimum Gasteiger partial charge on any atom is -0.450 e. The molecule has 0 unspecified atom stereocenters. The molecule has 0 radical (unpaired) electrons. The number of amides is 2. The second kappa shape index (κ2) is 134. The van der Waals surface area contributed by atoms with Gasteiger partial charge in [0.1, 0.15) is 20.2 Å². The Balaban J connectivity index is -0.0000000337. The lowest BCUT2D eigenvalue weighted by Crippen LogP contribution is -2.25. The van der Waals surface area contributed by atoms with Crippen molar-refractivity contribution in [2.24, 2.45) is 5.92 Å². The average molecular weight is 1100 g/mol. The number of ether oxygens (including phenoxy) is 11. The van der Waals surface area contributed by atoms with Gasteiger partial charge in [-0.15, -0.1) is 0 Å². The fourth-order valence-electron chi connectivity index (χ4n) is 3.52. The maximum absolute atomic E-state index is 10.6. The van der Waals surface area contributed by atoms with E-state index in [1.807, 2.05) is 55.4 Å². The zero-order valence-corrected chi connectivity index (χ0v) is 44.8. The van der Waals surface area contributed by atoms with Crippen LogP contribution < -0.4 is 10.6 Å². The van der Waals surface area contributed by atoms with Crippen molar-refractivity contribution in [1.82, 2.24) is 10.6 Å². The van der Waals surface area contributed by atoms with E-state index in [4.69, 9.17) is 47.4 Å². The van der Waals surface area contributed by atoms with Gasteiger partial charge in [0, 0.05) is 85.8 Å². The summed E-state index contributed by atoms with van der Waals surface area (Å²) < 4.78 is 55.2. The molecule has 74 heavy (non-hydrogen) atoms. The third-order valence-electron chi connectivity index (χ3n) is 7.43. The molecule has 474 valence electrons. The van der Waals surface area contributed by atoms with E-state index in [9.17, 15) is 9.59 Å². The van der Waals surface area contributed by atoms with Gasteiger partial charge in [0.2, 0.25) is 0 Å². The van der Waals surface area contributed by atoms with E-state index in [1.54, 1.807) is 0 Å². The van der Waals surface area contributed by atoms with Gasteiger partial charge in [0.15, 0.2) is 0 Å². The molecule has 0 aliphatic rings. The lowest BCUT2D eigenvalue weighted by atomic mass is 10.1. The number of hydrogen-bond donors (Lipinski definition) is 2. The van der Waals surface area contributed by atoms with Crippen molar-refractivity contribution in [2.75, 3.05) is 132 Å². The number of carbonyl (C=O) groups excluding carboxylic acids is 2. The molecular formula is C59H150N2O13. The van der Waals surface area contributed by atoms with Crippen molar-refractivity contribution in [3.8, 4) is 0 Å². The number of nitrogens with one attached hydrogen (secondary N) is 2. The molecule has 0 aromatic carbocycles. The summed E-state index contributed by atoms with van der Waals surface area (Å²) in [6.07, 6.45) is 12.0. The fraction of sp³-hybridized carbons (Fsp3) is 0.966. The molecule has 0 saturated carbocycles. The lowest BCUT2D eigenvalue weighted by molar-refractivity contribution is -0.0656. The largest absolute Gasteiger partial charge is 0.450 e. The fourth-order valence-corrected chi connectivity index (χ4v) is 3.52. The van der Waals surface area contributed by atoms with E-state index < -0.39 is 0 Å². The normalized spacial score (nSPS) is 8.43. The second-order valence-electron chi connectivity index (χ2n) is 13.5. The molecule has 0 rings (SSSR count). The first-order valence-corrected chi connectivity index (χ1v) is 25.1. The first-order chi connectivity index (χ1) is 31.1. The minimum absolute atomic E-state index is 0. The molecular weight excluding hydrogens is 945 g/mol. The van der Waals surface area contributed by atoms with Crippen LogP contribution in [-0.2, 0) is 52.1 Å².